The number of ether oxygens (including phenoxy) is 1. The van der Waals surface area contributed by atoms with Crippen LogP contribution in [0.25, 0.3) is 0 Å². The fourth-order valence-corrected chi connectivity index (χ4v) is 15.4. The molecule has 3 unspecified atom stereocenters. The van der Waals surface area contributed by atoms with Crippen LogP contribution in [0.3, 0.4) is 0 Å². The summed E-state index contributed by atoms with van der Waals surface area (Å²) in [6.45, 7) is 47.7. The lowest BCUT2D eigenvalue weighted by molar-refractivity contribution is -0.0656. The second-order valence-corrected chi connectivity index (χ2v) is 30.2. The van der Waals surface area contributed by atoms with Gasteiger partial charge in [0, 0.05) is 39.8 Å². The number of nitrogens with zero attached hydrogens (tertiary/aromatic N) is 2. The van der Waals surface area contributed by atoms with Crippen LogP contribution in [-0.2, 0) is 31.8 Å². The Morgan fingerprint density at radius 3 is 1.54 bits per heavy atom. The quantitative estimate of drug-likeness (QED) is 0.238. The minimum atomic E-state index is -0.0918. The van der Waals surface area contributed by atoms with Gasteiger partial charge in [0.15, 0.2) is 5.88 Å². The van der Waals surface area contributed by atoms with Crippen molar-refractivity contribution in [3.8, 4) is 0 Å². The smallest absolute Gasteiger partial charge is 0.247 e. The maximum Gasteiger partial charge on any atom is 0.247 e. The average Bonchev–Trinajstić information content (AvgIpc) is 3.67. The highest BCUT2D eigenvalue weighted by Gasteiger charge is 2.62. The molecule has 3 heterocycles. The zero-order valence-electron chi connectivity index (χ0n) is 46.2. The van der Waals surface area contributed by atoms with Gasteiger partial charge in [-0.25, -0.2) is 0 Å². The summed E-state index contributed by atoms with van der Waals surface area (Å²) in [6, 6.07) is 20.6. The van der Waals surface area contributed by atoms with Crippen molar-refractivity contribution < 1.29 is 4.74 Å². The van der Waals surface area contributed by atoms with Crippen LogP contribution in [0.2, 0.25) is 0 Å². The first-order valence-corrected chi connectivity index (χ1v) is 27.2. The van der Waals surface area contributed by atoms with Crippen molar-refractivity contribution in [2.45, 2.75) is 223 Å². The Kier molecular flexibility index (Phi) is 9.66. The standard InChI is InChI=1S/C64H87BN2O/c1-56(2,3)38-32-49-52-50(33-38)67(40-21-23-42-44(35-40)60(10,11)27-25-58(42,6)7)55-53(51-54(68-55)64(18,19)31-30-63(51,16)17)65(52)47-36-45-46(62(14,15)29-28-61(45,12)13)37-48(47)66(49)39-20-22-41-43(34-39)59(8,9)26-24-57(41,4)5/h20-23,32-35,37,45,51,54H,24-31,36H2,1-19H3. The lowest BCUT2D eigenvalue weighted by atomic mass is 9.28. The monoisotopic (exact) mass is 911 g/mol. The number of allylic oxidation sites excluding steroid dienone is 3. The fourth-order valence-electron chi connectivity index (χ4n) is 15.4. The molecule has 362 valence electrons. The molecular formula is C64H87BN2O. The minimum absolute atomic E-state index is 0.0350. The van der Waals surface area contributed by atoms with E-state index in [4.69, 9.17) is 4.74 Å². The normalized spacial score (nSPS) is 29.1. The Labute approximate surface area is 414 Å². The third-order valence-corrected chi connectivity index (χ3v) is 20.8. The molecule has 8 aliphatic rings. The molecule has 3 aromatic carbocycles. The first-order valence-electron chi connectivity index (χ1n) is 27.2. The Morgan fingerprint density at radius 2 is 1.00 bits per heavy atom. The summed E-state index contributed by atoms with van der Waals surface area (Å²) < 4.78 is 7.93. The third-order valence-electron chi connectivity index (χ3n) is 20.8. The van der Waals surface area contributed by atoms with Crippen LogP contribution >= 0.6 is 0 Å². The first-order chi connectivity index (χ1) is 31.3. The molecule has 4 heteroatoms. The molecule has 0 spiro atoms. The molecule has 0 aromatic heterocycles. The van der Waals surface area contributed by atoms with E-state index in [1.807, 2.05) is 0 Å². The topological polar surface area (TPSA) is 15.7 Å². The van der Waals surface area contributed by atoms with Gasteiger partial charge < -0.3 is 9.64 Å². The number of rotatable bonds is 2. The lowest BCUT2D eigenvalue weighted by Crippen LogP contribution is -2.56. The predicted molar refractivity (Wildman–Crippen MR) is 290 cm³/mol. The van der Waals surface area contributed by atoms with E-state index in [9.17, 15) is 0 Å². The maximum atomic E-state index is 7.93. The van der Waals surface area contributed by atoms with Crippen LogP contribution in [0.1, 0.15) is 217 Å². The van der Waals surface area contributed by atoms with E-state index in [0.29, 0.717) is 11.8 Å². The van der Waals surface area contributed by atoms with Gasteiger partial charge in [-0.15, -0.1) is 0 Å². The lowest BCUT2D eigenvalue weighted by Gasteiger charge is -2.54. The van der Waals surface area contributed by atoms with Gasteiger partial charge in [-0.1, -0.05) is 155 Å². The predicted octanol–water partition coefficient (Wildman–Crippen LogP) is 16.9. The number of anilines is 4. The fraction of sp³-hybridized carbons (Fsp3) is 0.625. The van der Waals surface area contributed by atoms with E-state index in [1.54, 1.807) is 16.5 Å². The van der Waals surface area contributed by atoms with Crippen LogP contribution in [-0.4, -0.2) is 12.8 Å². The van der Waals surface area contributed by atoms with E-state index in [-0.39, 0.29) is 61.6 Å². The van der Waals surface area contributed by atoms with Crippen molar-refractivity contribution in [3.05, 3.63) is 111 Å². The van der Waals surface area contributed by atoms with Crippen molar-refractivity contribution in [2.75, 3.05) is 9.80 Å². The van der Waals surface area contributed by atoms with E-state index < -0.39 is 0 Å². The summed E-state index contributed by atoms with van der Waals surface area (Å²) in [5, 5.41) is 0. The molecule has 68 heavy (non-hydrogen) atoms. The summed E-state index contributed by atoms with van der Waals surface area (Å²) in [6.07, 6.45) is 13.6. The van der Waals surface area contributed by atoms with Crippen molar-refractivity contribution in [3.63, 3.8) is 0 Å². The average molecular weight is 911 g/mol. The summed E-state index contributed by atoms with van der Waals surface area (Å²) >= 11 is 0. The molecule has 2 saturated carbocycles. The van der Waals surface area contributed by atoms with Gasteiger partial charge in [0.05, 0.1) is 0 Å². The summed E-state index contributed by atoms with van der Waals surface area (Å²) in [5.41, 5.74) is 21.3. The molecule has 3 nitrogen and oxygen atoms in total. The second-order valence-electron chi connectivity index (χ2n) is 30.2. The van der Waals surface area contributed by atoms with E-state index in [0.717, 1.165) is 12.3 Å². The van der Waals surface area contributed by atoms with Crippen molar-refractivity contribution in [1.82, 2.24) is 0 Å². The minimum Gasteiger partial charge on any atom is -0.475 e. The first kappa shape index (κ1) is 46.7. The molecule has 0 bridgehead atoms. The summed E-state index contributed by atoms with van der Waals surface area (Å²) in [7, 11) is 0. The zero-order chi connectivity index (χ0) is 49.1. The van der Waals surface area contributed by atoms with E-state index in [2.05, 4.69) is 196 Å². The van der Waals surface area contributed by atoms with E-state index in [1.165, 1.54) is 113 Å². The number of hydrogen-bond acceptors (Lipinski definition) is 3. The van der Waals surface area contributed by atoms with Crippen molar-refractivity contribution in [1.29, 1.82) is 0 Å². The van der Waals surface area contributed by atoms with Gasteiger partial charge in [-0.05, 0) is 188 Å². The number of fused-ring (bicyclic) bond motifs is 7. The molecule has 2 fully saturated rings. The molecule has 11 rings (SSSR count). The Morgan fingerprint density at radius 1 is 0.529 bits per heavy atom. The third kappa shape index (κ3) is 6.61. The van der Waals surface area contributed by atoms with Gasteiger partial charge in [0.1, 0.15) is 6.10 Å². The van der Waals surface area contributed by atoms with Crippen LogP contribution in [0.4, 0.5) is 22.7 Å². The number of benzene rings is 3. The molecule has 0 saturated heterocycles. The molecular weight excluding hydrogens is 824 g/mol. The van der Waals surface area contributed by atoms with Crippen LogP contribution in [0, 0.1) is 33.5 Å². The van der Waals surface area contributed by atoms with Gasteiger partial charge in [0.25, 0.3) is 0 Å². The molecule has 0 amide bonds. The highest BCUT2D eigenvalue weighted by atomic mass is 16.5. The maximum absolute atomic E-state index is 7.93. The van der Waals surface area contributed by atoms with Gasteiger partial charge >= 0.3 is 0 Å². The molecule has 3 aromatic rings. The Balaban J connectivity index is 1.27. The zero-order valence-corrected chi connectivity index (χ0v) is 46.2. The summed E-state index contributed by atoms with van der Waals surface area (Å²) in [5.74, 6) is 1.91. The molecule has 5 aliphatic carbocycles. The Hall–Kier alpha value is -3.66. The van der Waals surface area contributed by atoms with Crippen LogP contribution < -0.4 is 15.3 Å². The van der Waals surface area contributed by atoms with Crippen molar-refractivity contribution in [2.24, 2.45) is 33.5 Å². The second kappa shape index (κ2) is 14.1. The molecule has 0 radical (unpaired) electrons. The van der Waals surface area contributed by atoms with Crippen LogP contribution in [0.15, 0.2) is 82.7 Å². The molecule has 0 N–H and O–H groups in total. The summed E-state index contributed by atoms with van der Waals surface area (Å²) in [4.78, 5) is 5.49. The van der Waals surface area contributed by atoms with Gasteiger partial charge in [-0.2, -0.15) is 0 Å². The van der Waals surface area contributed by atoms with E-state index >= 15 is 0 Å². The van der Waals surface area contributed by atoms with Gasteiger partial charge in [-0.3, -0.25) is 4.90 Å². The van der Waals surface area contributed by atoms with Gasteiger partial charge in [0.2, 0.25) is 6.71 Å². The highest BCUT2D eigenvalue weighted by molar-refractivity contribution is 6.89. The SMILES string of the molecule is CC1(C)CCC(C)(C)C2CC3=C(C=C21)N(c1ccc2c(c1)C(C)(C)CCC2(C)C)c1cc(C(C)(C)C)cc2c1B3C1=C(OC3C1C(C)(C)CCC3(C)C)N2c1ccc2c(c1)C(C)(C)CCC2(C)C. The van der Waals surface area contributed by atoms with Crippen LogP contribution in [0.5, 0.6) is 0 Å². The highest BCUT2D eigenvalue weighted by Crippen LogP contribution is 2.64. The molecule has 3 atom stereocenters. The van der Waals surface area contributed by atoms with Crippen molar-refractivity contribution >= 4 is 34.9 Å². The largest absolute Gasteiger partial charge is 0.475 e. The molecule has 3 aliphatic heterocycles. The number of hydrogen-bond donors (Lipinski definition) is 0. The Bertz CT molecular complexity index is 2770.